The van der Waals surface area contributed by atoms with Crippen molar-refractivity contribution in [2.24, 2.45) is 5.73 Å². The SMILES string of the molecule is NCCc1nc2ccc(-c3ccccc3)cc2s1. The molecule has 3 rings (SSSR count). The molecule has 0 aliphatic rings. The standard InChI is InChI=1S/C15H14N2S/c16-9-8-15-17-13-7-6-12(10-14(13)18-15)11-4-2-1-3-5-11/h1-7,10H,8-9,16H2. The summed E-state index contributed by atoms with van der Waals surface area (Å²) in [5, 5.41) is 1.12. The van der Waals surface area contributed by atoms with Crippen LogP contribution in [0.25, 0.3) is 21.3 Å². The summed E-state index contributed by atoms with van der Waals surface area (Å²) in [5.74, 6) is 0. The predicted molar refractivity (Wildman–Crippen MR) is 77.8 cm³/mol. The molecule has 0 bridgehead atoms. The Labute approximate surface area is 110 Å². The van der Waals surface area contributed by atoms with Crippen molar-refractivity contribution in [1.82, 2.24) is 4.98 Å². The molecule has 1 aromatic heterocycles. The molecule has 90 valence electrons. The van der Waals surface area contributed by atoms with Gasteiger partial charge in [-0.05, 0) is 29.8 Å². The van der Waals surface area contributed by atoms with Crippen LogP contribution in [0.1, 0.15) is 5.01 Å². The van der Waals surface area contributed by atoms with E-state index >= 15 is 0 Å². The summed E-state index contributed by atoms with van der Waals surface area (Å²) in [7, 11) is 0. The fourth-order valence-corrected chi connectivity index (χ4v) is 3.03. The summed E-state index contributed by atoms with van der Waals surface area (Å²) < 4.78 is 1.24. The number of thiazole rings is 1. The van der Waals surface area contributed by atoms with Crippen LogP contribution in [0.15, 0.2) is 48.5 Å². The number of hydrogen-bond acceptors (Lipinski definition) is 3. The van der Waals surface area contributed by atoms with Crippen LogP contribution >= 0.6 is 11.3 Å². The second-order valence-corrected chi connectivity index (χ2v) is 5.31. The third-order valence-corrected chi connectivity index (χ3v) is 3.98. The molecule has 3 aromatic rings. The molecule has 0 atom stereocenters. The number of benzene rings is 2. The Morgan fingerprint density at radius 2 is 1.83 bits per heavy atom. The largest absolute Gasteiger partial charge is 0.330 e. The van der Waals surface area contributed by atoms with Gasteiger partial charge in [-0.2, -0.15) is 0 Å². The van der Waals surface area contributed by atoms with Gasteiger partial charge in [0.25, 0.3) is 0 Å². The molecular weight excluding hydrogens is 240 g/mol. The summed E-state index contributed by atoms with van der Waals surface area (Å²) in [4.78, 5) is 4.58. The van der Waals surface area contributed by atoms with Crippen molar-refractivity contribution in [3.05, 3.63) is 53.5 Å². The molecule has 2 aromatic carbocycles. The maximum Gasteiger partial charge on any atom is 0.0951 e. The van der Waals surface area contributed by atoms with Gasteiger partial charge in [0.1, 0.15) is 0 Å². The minimum atomic E-state index is 0.658. The van der Waals surface area contributed by atoms with E-state index in [-0.39, 0.29) is 0 Å². The Balaban J connectivity index is 2.05. The Hall–Kier alpha value is -1.71. The Bertz CT molecular complexity index is 659. The zero-order valence-electron chi connectivity index (χ0n) is 9.97. The van der Waals surface area contributed by atoms with E-state index in [1.165, 1.54) is 15.8 Å². The average molecular weight is 254 g/mol. The highest BCUT2D eigenvalue weighted by atomic mass is 32.1. The normalized spacial score (nSPS) is 10.9. The lowest BCUT2D eigenvalue weighted by molar-refractivity contribution is 0.958. The second kappa shape index (κ2) is 4.88. The molecule has 3 heteroatoms. The van der Waals surface area contributed by atoms with E-state index in [0.717, 1.165) is 16.9 Å². The van der Waals surface area contributed by atoms with Gasteiger partial charge >= 0.3 is 0 Å². The maximum absolute atomic E-state index is 5.57. The van der Waals surface area contributed by atoms with Gasteiger partial charge in [0.15, 0.2) is 0 Å². The van der Waals surface area contributed by atoms with Gasteiger partial charge in [-0.25, -0.2) is 4.98 Å². The summed E-state index contributed by atoms with van der Waals surface area (Å²) in [5.41, 5.74) is 9.13. The van der Waals surface area contributed by atoms with Crippen molar-refractivity contribution in [2.75, 3.05) is 6.54 Å². The van der Waals surface area contributed by atoms with Crippen molar-refractivity contribution >= 4 is 21.6 Å². The first-order valence-corrected chi connectivity index (χ1v) is 6.83. The molecule has 0 aliphatic carbocycles. The molecule has 0 radical (unpaired) electrons. The molecule has 2 N–H and O–H groups in total. The Morgan fingerprint density at radius 3 is 2.61 bits per heavy atom. The number of rotatable bonds is 3. The van der Waals surface area contributed by atoms with Gasteiger partial charge in [-0.1, -0.05) is 36.4 Å². The van der Waals surface area contributed by atoms with E-state index in [9.17, 15) is 0 Å². The van der Waals surface area contributed by atoms with Gasteiger partial charge in [-0.15, -0.1) is 11.3 Å². The summed E-state index contributed by atoms with van der Waals surface area (Å²) in [6.45, 7) is 0.658. The van der Waals surface area contributed by atoms with Crippen LogP contribution in [0.3, 0.4) is 0 Å². The van der Waals surface area contributed by atoms with Crippen molar-refractivity contribution in [2.45, 2.75) is 6.42 Å². The highest BCUT2D eigenvalue weighted by Crippen LogP contribution is 2.28. The van der Waals surface area contributed by atoms with Crippen LogP contribution in [0.2, 0.25) is 0 Å². The van der Waals surface area contributed by atoms with E-state index in [1.54, 1.807) is 11.3 Å². The van der Waals surface area contributed by atoms with Gasteiger partial charge in [0.05, 0.1) is 15.2 Å². The molecule has 2 nitrogen and oxygen atoms in total. The number of nitrogens with zero attached hydrogens (tertiary/aromatic N) is 1. The van der Waals surface area contributed by atoms with Gasteiger partial charge < -0.3 is 5.73 Å². The topological polar surface area (TPSA) is 38.9 Å². The average Bonchev–Trinajstić information content (AvgIpc) is 2.81. The number of fused-ring (bicyclic) bond motifs is 1. The molecular formula is C15H14N2S. The van der Waals surface area contributed by atoms with E-state index in [4.69, 9.17) is 5.73 Å². The van der Waals surface area contributed by atoms with Crippen molar-refractivity contribution in [3.8, 4) is 11.1 Å². The number of nitrogens with two attached hydrogens (primary N) is 1. The van der Waals surface area contributed by atoms with Crippen LogP contribution in [0, 0.1) is 0 Å². The van der Waals surface area contributed by atoms with Crippen LogP contribution in [0.4, 0.5) is 0 Å². The maximum atomic E-state index is 5.57. The zero-order chi connectivity index (χ0) is 12.4. The molecule has 1 heterocycles. The van der Waals surface area contributed by atoms with Crippen LogP contribution in [-0.2, 0) is 6.42 Å². The van der Waals surface area contributed by atoms with Gasteiger partial charge in [0, 0.05) is 6.42 Å². The highest BCUT2D eigenvalue weighted by Gasteiger charge is 2.05. The van der Waals surface area contributed by atoms with Crippen LogP contribution in [0.5, 0.6) is 0 Å². The Kier molecular flexibility index (Phi) is 3.09. The van der Waals surface area contributed by atoms with E-state index in [2.05, 4.69) is 47.4 Å². The third kappa shape index (κ3) is 2.15. The molecule has 0 spiro atoms. The lowest BCUT2D eigenvalue weighted by Crippen LogP contribution is -2.01. The molecule has 0 fully saturated rings. The molecule has 0 aliphatic heterocycles. The summed E-state index contributed by atoms with van der Waals surface area (Å²) in [6, 6.07) is 16.8. The molecule has 18 heavy (non-hydrogen) atoms. The summed E-state index contributed by atoms with van der Waals surface area (Å²) in [6.07, 6.45) is 0.861. The van der Waals surface area contributed by atoms with Crippen LogP contribution in [-0.4, -0.2) is 11.5 Å². The van der Waals surface area contributed by atoms with Gasteiger partial charge in [-0.3, -0.25) is 0 Å². The van der Waals surface area contributed by atoms with E-state index in [1.807, 2.05) is 6.07 Å². The monoisotopic (exact) mass is 254 g/mol. The molecule has 0 unspecified atom stereocenters. The lowest BCUT2D eigenvalue weighted by atomic mass is 10.1. The first-order valence-electron chi connectivity index (χ1n) is 6.02. The van der Waals surface area contributed by atoms with E-state index < -0.39 is 0 Å². The fraction of sp³-hybridized carbons (Fsp3) is 0.133. The van der Waals surface area contributed by atoms with Crippen LogP contribution < -0.4 is 5.73 Å². The summed E-state index contributed by atoms with van der Waals surface area (Å²) >= 11 is 1.74. The predicted octanol–water partition coefficient (Wildman–Crippen LogP) is 3.46. The minimum Gasteiger partial charge on any atom is -0.330 e. The Morgan fingerprint density at radius 1 is 1.00 bits per heavy atom. The molecule has 0 saturated carbocycles. The first-order chi connectivity index (χ1) is 8.86. The number of hydrogen-bond donors (Lipinski definition) is 1. The van der Waals surface area contributed by atoms with E-state index in [0.29, 0.717) is 6.54 Å². The van der Waals surface area contributed by atoms with Crippen molar-refractivity contribution in [3.63, 3.8) is 0 Å². The molecule has 0 amide bonds. The van der Waals surface area contributed by atoms with Crippen molar-refractivity contribution < 1.29 is 0 Å². The van der Waals surface area contributed by atoms with Gasteiger partial charge in [0.2, 0.25) is 0 Å². The quantitative estimate of drug-likeness (QED) is 0.777. The lowest BCUT2D eigenvalue weighted by Gasteiger charge is -2.00. The smallest absolute Gasteiger partial charge is 0.0951 e. The zero-order valence-corrected chi connectivity index (χ0v) is 10.8. The van der Waals surface area contributed by atoms with Crippen molar-refractivity contribution in [1.29, 1.82) is 0 Å². The highest BCUT2D eigenvalue weighted by molar-refractivity contribution is 7.18. The molecule has 0 saturated heterocycles. The minimum absolute atomic E-state index is 0.658. The second-order valence-electron chi connectivity index (χ2n) is 4.19. The number of aromatic nitrogens is 1. The fourth-order valence-electron chi connectivity index (χ4n) is 2.01. The first kappa shape index (κ1) is 11.4. The third-order valence-electron chi connectivity index (χ3n) is 2.90.